The number of hydrogen-bond acceptors (Lipinski definition) is 4. The number of likely N-dealkylation sites (tertiary alicyclic amines) is 1. The van der Waals surface area contributed by atoms with E-state index in [0.717, 1.165) is 4.68 Å². The van der Waals surface area contributed by atoms with E-state index < -0.39 is 29.7 Å². The Hall–Kier alpha value is -1.90. The average Bonchev–Trinajstić information content (AvgIpc) is 2.45. The molecule has 2 rings (SSSR count). The van der Waals surface area contributed by atoms with Gasteiger partial charge >= 0.3 is 12.1 Å². The van der Waals surface area contributed by atoms with Gasteiger partial charge in [0.2, 0.25) is 0 Å². The number of aliphatic carboxylic acids is 1. The molecular weight excluding hydrogens is 351 g/mol. The predicted molar refractivity (Wildman–Crippen MR) is 89.1 cm³/mol. The summed E-state index contributed by atoms with van der Waals surface area (Å²) in [7, 11) is 0. The zero-order valence-corrected chi connectivity index (χ0v) is 15.1. The van der Waals surface area contributed by atoms with Crippen molar-refractivity contribution in [1.29, 1.82) is 0 Å². The molecule has 6 nitrogen and oxygen atoms in total. The molecule has 1 saturated heterocycles. The summed E-state index contributed by atoms with van der Waals surface area (Å²) in [5, 5.41) is 13.6. The number of aromatic nitrogens is 2. The quantitative estimate of drug-likeness (QED) is 0.791. The fourth-order valence-electron chi connectivity index (χ4n) is 3.02. The highest BCUT2D eigenvalue weighted by Gasteiger charge is 2.46. The SMILES string of the molecule is Cc1cc(CCN2CC(C(F)(F)F)C2)nn([C@@H](CC(C)C)C(=O)O)c1=O. The van der Waals surface area contributed by atoms with Crippen LogP contribution in [0, 0.1) is 18.8 Å². The largest absolute Gasteiger partial charge is 0.480 e. The second-order valence-corrected chi connectivity index (χ2v) is 7.30. The minimum absolute atomic E-state index is 0.0345. The second kappa shape index (κ2) is 7.77. The maximum Gasteiger partial charge on any atom is 0.394 e. The Balaban J connectivity index is 2.10. The van der Waals surface area contributed by atoms with Crippen LogP contribution in [-0.4, -0.2) is 51.6 Å². The summed E-state index contributed by atoms with van der Waals surface area (Å²) < 4.78 is 38.6. The number of aryl methyl sites for hydroxylation is 1. The molecule has 1 aromatic rings. The van der Waals surface area contributed by atoms with Crippen molar-refractivity contribution in [3.63, 3.8) is 0 Å². The first kappa shape index (κ1) is 20.4. The van der Waals surface area contributed by atoms with Crippen LogP contribution in [0.5, 0.6) is 0 Å². The van der Waals surface area contributed by atoms with Gasteiger partial charge in [-0.15, -0.1) is 0 Å². The van der Waals surface area contributed by atoms with Crippen LogP contribution < -0.4 is 5.56 Å². The topological polar surface area (TPSA) is 75.4 Å². The molecule has 0 amide bonds. The number of carboxylic acid groups (broad SMARTS) is 1. The summed E-state index contributed by atoms with van der Waals surface area (Å²) in [4.78, 5) is 25.5. The van der Waals surface area contributed by atoms with Crippen LogP contribution in [0.15, 0.2) is 10.9 Å². The van der Waals surface area contributed by atoms with Gasteiger partial charge in [0.05, 0.1) is 11.6 Å². The molecule has 2 heterocycles. The highest BCUT2D eigenvalue weighted by Crippen LogP contribution is 2.33. The van der Waals surface area contributed by atoms with Gasteiger partial charge in [-0.2, -0.15) is 18.3 Å². The summed E-state index contributed by atoms with van der Waals surface area (Å²) in [5.74, 6) is -2.34. The van der Waals surface area contributed by atoms with Crippen molar-refractivity contribution in [2.75, 3.05) is 19.6 Å². The first-order valence-electron chi connectivity index (χ1n) is 8.60. The maximum atomic E-state index is 12.5. The van der Waals surface area contributed by atoms with E-state index in [-0.39, 0.29) is 25.4 Å². The van der Waals surface area contributed by atoms with Crippen molar-refractivity contribution in [3.05, 3.63) is 27.7 Å². The van der Waals surface area contributed by atoms with Gasteiger partial charge in [0.1, 0.15) is 0 Å². The summed E-state index contributed by atoms with van der Waals surface area (Å²) >= 11 is 0. The van der Waals surface area contributed by atoms with Gasteiger partial charge in [-0.25, -0.2) is 9.48 Å². The monoisotopic (exact) mass is 375 g/mol. The van der Waals surface area contributed by atoms with Crippen LogP contribution >= 0.6 is 0 Å². The van der Waals surface area contributed by atoms with Gasteiger partial charge in [0.25, 0.3) is 5.56 Å². The van der Waals surface area contributed by atoms with Crippen LogP contribution in [0.2, 0.25) is 0 Å². The number of alkyl halides is 3. The zero-order chi connectivity index (χ0) is 19.6. The van der Waals surface area contributed by atoms with E-state index in [4.69, 9.17) is 0 Å². The Morgan fingerprint density at radius 2 is 2.00 bits per heavy atom. The summed E-state index contributed by atoms with van der Waals surface area (Å²) in [5.41, 5.74) is 0.428. The zero-order valence-electron chi connectivity index (χ0n) is 15.1. The maximum absolute atomic E-state index is 12.5. The van der Waals surface area contributed by atoms with Crippen molar-refractivity contribution in [1.82, 2.24) is 14.7 Å². The average molecular weight is 375 g/mol. The molecule has 9 heteroatoms. The van der Waals surface area contributed by atoms with E-state index >= 15 is 0 Å². The lowest BCUT2D eigenvalue weighted by Crippen LogP contribution is -2.53. The number of carbonyl (C=O) groups is 1. The summed E-state index contributed by atoms with van der Waals surface area (Å²) in [6.45, 7) is 5.62. The van der Waals surface area contributed by atoms with Crippen molar-refractivity contribution in [2.24, 2.45) is 11.8 Å². The number of halogens is 3. The van der Waals surface area contributed by atoms with Crippen molar-refractivity contribution in [2.45, 2.75) is 45.8 Å². The van der Waals surface area contributed by atoms with E-state index in [1.54, 1.807) is 17.9 Å². The van der Waals surface area contributed by atoms with E-state index in [2.05, 4.69) is 5.10 Å². The second-order valence-electron chi connectivity index (χ2n) is 7.30. The molecule has 1 atom stereocenters. The van der Waals surface area contributed by atoms with Gasteiger partial charge in [-0.05, 0) is 25.3 Å². The lowest BCUT2D eigenvalue weighted by atomic mass is 9.99. The minimum atomic E-state index is -4.16. The molecule has 1 aromatic heterocycles. The van der Waals surface area contributed by atoms with Crippen LogP contribution in [-0.2, 0) is 11.2 Å². The fourth-order valence-corrected chi connectivity index (χ4v) is 3.02. The molecule has 146 valence electrons. The molecule has 1 fully saturated rings. The molecule has 0 saturated carbocycles. The minimum Gasteiger partial charge on any atom is -0.480 e. The molecule has 0 aliphatic carbocycles. The van der Waals surface area contributed by atoms with Crippen LogP contribution in [0.3, 0.4) is 0 Å². The molecule has 1 aliphatic rings. The third kappa shape index (κ3) is 4.84. The van der Waals surface area contributed by atoms with Crippen LogP contribution in [0.4, 0.5) is 13.2 Å². The van der Waals surface area contributed by atoms with E-state index in [9.17, 15) is 27.9 Å². The Labute approximate surface area is 149 Å². The first-order valence-corrected chi connectivity index (χ1v) is 8.60. The Morgan fingerprint density at radius 1 is 1.38 bits per heavy atom. The Kier molecular flexibility index (Phi) is 6.10. The lowest BCUT2D eigenvalue weighted by molar-refractivity contribution is -0.208. The molecule has 1 aliphatic heterocycles. The first-order chi connectivity index (χ1) is 12.0. The van der Waals surface area contributed by atoms with Crippen molar-refractivity contribution in [3.8, 4) is 0 Å². The molecule has 1 N–H and O–H groups in total. The van der Waals surface area contributed by atoms with Gasteiger partial charge in [0.15, 0.2) is 6.04 Å². The van der Waals surface area contributed by atoms with Crippen molar-refractivity contribution < 1.29 is 23.1 Å². The van der Waals surface area contributed by atoms with E-state index in [1.807, 2.05) is 13.8 Å². The number of hydrogen-bond donors (Lipinski definition) is 1. The van der Waals surface area contributed by atoms with Crippen LogP contribution in [0.25, 0.3) is 0 Å². The Morgan fingerprint density at radius 3 is 2.50 bits per heavy atom. The summed E-state index contributed by atoms with van der Waals surface area (Å²) in [6, 6.07) is 0.522. The lowest BCUT2D eigenvalue weighted by Gasteiger charge is -2.40. The number of nitrogens with zero attached hydrogens (tertiary/aromatic N) is 3. The standard InChI is InChI=1S/C17H24F3N3O3/c1-10(2)6-14(16(25)26)23-15(24)11(3)7-13(21-23)4-5-22-8-12(9-22)17(18,19)20/h7,10,12,14H,4-6,8-9H2,1-3H3,(H,25,26)/t14-/m0/s1. The van der Waals surface area contributed by atoms with Gasteiger partial charge in [-0.1, -0.05) is 13.8 Å². The van der Waals surface area contributed by atoms with E-state index in [0.29, 0.717) is 24.2 Å². The fraction of sp³-hybridized carbons (Fsp3) is 0.706. The predicted octanol–water partition coefficient (Wildman–Crippen LogP) is 2.26. The normalized spacial score (nSPS) is 17.3. The highest BCUT2D eigenvalue weighted by atomic mass is 19.4. The van der Waals surface area contributed by atoms with E-state index in [1.165, 1.54) is 0 Å². The molecule has 0 unspecified atom stereocenters. The smallest absolute Gasteiger partial charge is 0.394 e. The number of rotatable bonds is 7. The van der Waals surface area contributed by atoms with Crippen LogP contribution in [0.1, 0.15) is 37.6 Å². The Bertz CT molecular complexity index is 709. The molecule has 0 radical (unpaired) electrons. The van der Waals surface area contributed by atoms with Gasteiger partial charge in [-0.3, -0.25) is 4.79 Å². The molecule has 26 heavy (non-hydrogen) atoms. The molecular formula is C17H24F3N3O3. The van der Waals surface area contributed by atoms with Gasteiger partial charge < -0.3 is 10.0 Å². The van der Waals surface area contributed by atoms with Crippen molar-refractivity contribution >= 4 is 5.97 Å². The molecule has 0 aromatic carbocycles. The summed E-state index contributed by atoms with van der Waals surface area (Å²) in [6.07, 6.45) is -3.53. The highest BCUT2D eigenvalue weighted by molar-refractivity contribution is 5.71. The number of carboxylic acids is 1. The van der Waals surface area contributed by atoms with Gasteiger partial charge in [0, 0.05) is 31.6 Å². The third-order valence-corrected chi connectivity index (χ3v) is 4.54. The molecule has 0 bridgehead atoms. The molecule has 0 spiro atoms. The third-order valence-electron chi connectivity index (χ3n) is 4.54.